The molecule has 0 bridgehead atoms. The topological polar surface area (TPSA) is 75.1 Å². The van der Waals surface area contributed by atoms with Crippen molar-refractivity contribution in [1.29, 1.82) is 0 Å². The monoisotopic (exact) mass is 335 g/mol. The molecule has 0 spiro atoms. The van der Waals surface area contributed by atoms with E-state index in [-0.39, 0.29) is 5.91 Å². The maximum absolute atomic E-state index is 13.0. The van der Waals surface area contributed by atoms with Gasteiger partial charge in [0.15, 0.2) is 5.82 Å². The number of nitrogens with zero attached hydrogens (tertiary/aromatic N) is 3. The van der Waals surface area contributed by atoms with E-state index in [1.807, 2.05) is 40.9 Å². The Labute approximate surface area is 141 Å². The largest absolute Gasteiger partial charge is 0.309 e. The van der Waals surface area contributed by atoms with E-state index in [1.165, 1.54) is 0 Å². The van der Waals surface area contributed by atoms with Gasteiger partial charge < -0.3 is 9.72 Å². The van der Waals surface area contributed by atoms with Gasteiger partial charge in [0.05, 0.1) is 23.8 Å². The fraction of sp³-hybridized carbons (Fsp3) is 0.167. The summed E-state index contributed by atoms with van der Waals surface area (Å²) in [4.78, 5) is 16.2. The molecule has 2 atom stereocenters. The van der Waals surface area contributed by atoms with Crippen LogP contribution in [0.3, 0.4) is 0 Å². The number of carbonyl (C=O) groups excluding carboxylic acids is 1. The molecule has 2 N–H and O–H groups in total. The van der Waals surface area contributed by atoms with Crippen molar-refractivity contribution in [2.75, 3.05) is 5.32 Å². The van der Waals surface area contributed by atoms with Crippen LogP contribution in [0.5, 0.6) is 0 Å². The van der Waals surface area contributed by atoms with Crippen molar-refractivity contribution in [3.05, 3.63) is 48.9 Å². The minimum absolute atomic E-state index is 0.304. The summed E-state index contributed by atoms with van der Waals surface area (Å²) in [5, 5.41) is 10.8. The highest BCUT2D eigenvalue weighted by atomic mass is 19.1. The molecule has 1 fully saturated rings. The van der Waals surface area contributed by atoms with E-state index in [0.29, 0.717) is 17.9 Å². The Balaban J connectivity index is 1.51. The average molecular weight is 335 g/mol. The molecule has 4 aromatic rings. The molecule has 0 saturated heterocycles. The third-order valence-corrected chi connectivity index (χ3v) is 4.55. The van der Waals surface area contributed by atoms with E-state index in [4.69, 9.17) is 0 Å². The molecule has 0 unspecified atom stereocenters. The highest BCUT2D eigenvalue weighted by molar-refractivity contribution is 5.95. The molecule has 1 aromatic carbocycles. The van der Waals surface area contributed by atoms with Crippen molar-refractivity contribution in [1.82, 2.24) is 19.6 Å². The second-order valence-corrected chi connectivity index (χ2v) is 6.29. The average Bonchev–Trinajstić information content (AvgIpc) is 3.01. The van der Waals surface area contributed by atoms with Gasteiger partial charge in [-0.1, -0.05) is 12.1 Å². The number of fused-ring (bicyclic) bond motifs is 2. The molecule has 3 heterocycles. The van der Waals surface area contributed by atoms with Gasteiger partial charge in [-0.25, -0.2) is 9.37 Å². The van der Waals surface area contributed by atoms with Crippen molar-refractivity contribution in [3.8, 4) is 11.1 Å². The minimum Gasteiger partial charge on any atom is -0.309 e. The third-order valence-electron chi connectivity index (χ3n) is 4.55. The third kappa shape index (κ3) is 2.36. The number of hydrogen-bond acceptors (Lipinski definition) is 3. The number of nitrogens with one attached hydrogen (secondary N) is 2. The predicted octanol–water partition coefficient (Wildman–Crippen LogP) is 3.17. The second-order valence-electron chi connectivity index (χ2n) is 6.29. The van der Waals surface area contributed by atoms with Crippen LogP contribution in [0.25, 0.3) is 27.7 Å². The van der Waals surface area contributed by atoms with Crippen LogP contribution < -0.4 is 5.32 Å². The quantitative estimate of drug-likeness (QED) is 0.604. The van der Waals surface area contributed by atoms with Crippen LogP contribution in [-0.2, 0) is 4.79 Å². The molecule has 1 aliphatic carbocycles. The summed E-state index contributed by atoms with van der Waals surface area (Å²) < 4.78 is 14.8. The standard InChI is InChI=1S/C18H14FN5O/c19-14-6-12(14)18(25)22-16-9-24-8-10(4-5-17(24)21-16)11-2-1-3-15-13(11)7-20-23-15/h1-5,7-9,12,14H,6H2,(H,20,23)(H,22,25)/t12-,14+/m1/s1. The van der Waals surface area contributed by atoms with E-state index in [1.54, 1.807) is 12.4 Å². The number of aromatic amines is 1. The van der Waals surface area contributed by atoms with Crippen LogP contribution in [-0.4, -0.2) is 31.7 Å². The molecule has 1 saturated carbocycles. The van der Waals surface area contributed by atoms with Gasteiger partial charge in [0, 0.05) is 11.6 Å². The van der Waals surface area contributed by atoms with E-state index in [9.17, 15) is 9.18 Å². The number of pyridine rings is 1. The van der Waals surface area contributed by atoms with Gasteiger partial charge in [0.2, 0.25) is 5.91 Å². The van der Waals surface area contributed by atoms with Crippen LogP contribution in [0.15, 0.2) is 48.9 Å². The Kier molecular flexibility index (Phi) is 2.91. The number of carbonyl (C=O) groups is 1. The van der Waals surface area contributed by atoms with Gasteiger partial charge in [-0.3, -0.25) is 9.89 Å². The Morgan fingerprint density at radius 2 is 2.16 bits per heavy atom. The van der Waals surface area contributed by atoms with Gasteiger partial charge >= 0.3 is 0 Å². The van der Waals surface area contributed by atoms with Crippen molar-refractivity contribution in [2.45, 2.75) is 12.6 Å². The first-order valence-corrected chi connectivity index (χ1v) is 8.05. The van der Waals surface area contributed by atoms with Gasteiger partial charge in [-0.2, -0.15) is 5.10 Å². The number of rotatable bonds is 3. The smallest absolute Gasteiger partial charge is 0.231 e. The van der Waals surface area contributed by atoms with E-state index >= 15 is 0 Å². The van der Waals surface area contributed by atoms with Crippen LogP contribution in [0.1, 0.15) is 6.42 Å². The molecule has 3 aromatic heterocycles. The van der Waals surface area contributed by atoms with Gasteiger partial charge in [0.1, 0.15) is 11.8 Å². The maximum atomic E-state index is 13.0. The first-order chi connectivity index (χ1) is 12.2. The van der Waals surface area contributed by atoms with Crippen molar-refractivity contribution in [2.24, 2.45) is 5.92 Å². The number of hydrogen-bond donors (Lipinski definition) is 2. The van der Waals surface area contributed by atoms with Crippen molar-refractivity contribution < 1.29 is 9.18 Å². The number of H-pyrrole nitrogens is 1. The Hall–Kier alpha value is -3.22. The zero-order chi connectivity index (χ0) is 17.0. The molecule has 7 heteroatoms. The molecule has 1 aliphatic rings. The van der Waals surface area contributed by atoms with Gasteiger partial charge in [-0.15, -0.1) is 0 Å². The number of benzene rings is 1. The second kappa shape index (κ2) is 5.14. The number of amides is 1. The zero-order valence-electron chi connectivity index (χ0n) is 13.1. The van der Waals surface area contributed by atoms with Gasteiger partial charge in [-0.05, 0) is 35.7 Å². The molecule has 5 rings (SSSR count). The Morgan fingerprint density at radius 3 is 3.00 bits per heavy atom. The number of imidazole rings is 1. The highest BCUT2D eigenvalue weighted by Gasteiger charge is 2.43. The molecule has 0 radical (unpaired) electrons. The van der Waals surface area contributed by atoms with Crippen LogP contribution in [0, 0.1) is 5.92 Å². The SMILES string of the molecule is O=C(Nc1cn2cc(-c3cccc4[nH]ncc34)ccc2n1)[C@@H]1C[C@@H]1F. The van der Waals surface area contributed by atoms with E-state index in [2.05, 4.69) is 20.5 Å². The Morgan fingerprint density at radius 1 is 1.28 bits per heavy atom. The maximum Gasteiger partial charge on any atom is 0.231 e. The molecule has 1 amide bonds. The summed E-state index contributed by atoms with van der Waals surface area (Å²) in [5.74, 6) is -0.402. The molecule has 124 valence electrons. The number of anilines is 1. The lowest BCUT2D eigenvalue weighted by Crippen LogP contribution is -2.15. The first-order valence-electron chi connectivity index (χ1n) is 8.05. The van der Waals surface area contributed by atoms with E-state index in [0.717, 1.165) is 22.0 Å². The molecule has 0 aliphatic heterocycles. The minimum atomic E-state index is -1.01. The summed E-state index contributed by atoms with van der Waals surface area (Å²) in [5.41, 5.74) is 3.76. The lowest BCUT2D eigenvalue weighted by Gasteiger charge is -2.04. The Bertz CT molecular complexity index is 1120. The number of alkyl halides is 1. The lowest BCUT2D eigenvalue weighted by atomic mass is 10.0. The van der Waals surface area contributed by atoms with Crippen LogP contribution in [0.2, 0.25) is 0 Å². The summed E-state index contributed by atoms with van der Waals surface area (Å²) >= 11 is 0. The molecular formula is C18H14FN5O. The van der Waals surface area contributed by atoms with Gasteiger partial charge in [0.25, 0.3) is 0 Å². The fourth-order valence-corrected chi connectivity index (χ4v) is 3.09. The molecule has 6 nitrogen and oxygen atoms in total. The fourth-order valence-electron chi connectivity index (χ4n) is 3.09. The summed E-state index contributed by atoms with van der Waals surface area (Å²) in [6, 6.07) is 9.86. The molecule has 25 heavy (non-hydrogen) atoms. The first kappa shape index (κ1) is 14.2. The highest BCUT2D eigenvalue weighted by Crippen LogP contribution is 2.34. The van der Waals surface area contributed by atoms with Crippen LogP contribution >= 0.6 is 0 Å². The summed E-state index contributed by atoms with van der Waals surface area (Å²) in [6.45, 7) is 0. The normalized spacial score (nSPS) is 19.4. The zero-order valence-corrected chi connectivity index (χ0v) is 13.1. The van der Waals surface area contributed by atoms with Crippen molar-refractivity contribution >= 4 is 28.3 Å². The van der Waals surface area contributed by atoms with Crippen LogP contribution in [0.4, 0.5) is 10.2 Å². The molecular weight excluding hydrogens is 321 g/mol. The number of halogens is 1. The number of aromatic nitrogens is 4. The predicted molar refractivity (Wildman–Crippen MR) is 91.9 cm³/mol. The lowest BCUT2D eigenvalue weighted by molar-refractivity contribution is -0.117. The van der Waals surface area contributed by atoms with E-state index < -0.39 is 12.1 Å². The summed E-state index contributed by atoms with van der Waals surface area (Å²) in [6.07, 6.45) is 4.78. The summed E-state index contributed by atoms with van der Waals surface area (Å²) in [7, 11) is 0. The van der Waals surface area contributed by atoms with Crippen molar-refractivity contribution in [3.63, 3.8) is 0 Å².